The Kier molecular flexibility index (Phi) is 6.33. The van der Waals surface area contributed by atoms with Crippen LogP contribution in [0.3, 0.4) is 0 Å². The summed E-state index contributed by atoms with van der Waals surface area (Å²) < 4.78 is 7.57. The van der Waals surface area contributed by atoms with Gasteiger partial charge in [0, 0.05) is 36.3 Å². The van der Waals surface area contributed by atoms with Gasteiger partial charge in [-0.15, -0.1) is 0 Å². The fraction of sp³-hybridized carbons (Fsp3) is 0.333. The molecule has 2 aromatic heterocycles. The summed E-state index contributed by atoms with van der Waals surface area (Å²) in [6.45, 7) is 6.96. The maximum Gasteiger partial charge on any atom is 0.271 e. The molecular formula is C24H27N5O3S. The molecule has 9 heteroatoms. The standard InChI is InChI=1S/C24H27N5O3S/c1-5-12-27-23(22(26-24(27)33)19-8-6-7-11-25-19)18-13-15(2)28(16(18)3)20-14-17(29(30)31)9-10-21(20)32-4/h6-11,13-14,22-23H,5,12H2,1-4H3,(H,26,33)/t22-,23+/m1/s1. The zero-order valence-corrected chi connectivity index (χ0v) is 19.9. The van der Waals surface area contributed by atoms with Crippen molar-refractivity contribution in [2.45, 2.75) is 39.3 Å². The third-order valence-corrected chi connectivity index (χ3v) is 6.42. The van der Waals surface area contributed by atoms with Gasteiger partial charge in [0.05, 0.1) is 35.5 Å². The van der Waals surface area contributed by atoms with Crippen molar-refractivity contribution in [3.05, 3.63) is 81.4 Å². The predicted molar refractivity (Wildman–Crippen MR) is 131 cm³/mol. The first-order valence-corrected chi connectivity index (χ1v) is 11.3. The number of rotatable bonds is 7. The summed E-state index contributed by atoms with van der Waals surface area (Å²) in [5, 5.41) is 15.6. The van der Waals surface area contributed by atoms with E-state index < -0.39 is 4.92 Å². The van der Waals surface area contributed by atoms with Gasteiger partial charge >= 0.3 is 0 Å². The summed E-state index contributed by atoms with van der Waals surface area (Å²) in [4.78, 5) is 17.9. The molecule has 1 N–H and O–H groups in total. The van der Waals surface area contributed by atoms with Crippen LogP contribution < -0.4 is 10.1 Å². The highest BCUT2D eigenvalue weighted by molar-refractivity contribution is 7.80. The number of thiocarbonyl (C=S) groups is 1. The maximum absolute atomic E-state index is 11.4. The minimum Gasteiger partial charge on any atom is -0.495 e. The topological polar surface area (TPSA) is 85.5 Å². The highest BCUT2D eigenvalue weighted by Crippen LogP contribution is 2.42. The van der Waals surface area contributed by atoms with Gasteiger partial charge in [-0.1, -0.05) is 13.0 Å². The molecule has 33 heavy (non-hydrogen) atoms. The molecule has 1 aliphatic heterocycles. The predicted octanol–water partition coefficient (Wildman–Crippen LogP) is 4.79. The van der Waals surface area contributed by atoms with Gasteiger partial charge < -0.3 is 19.5 Å². The Balaban J connectivity index is 1.88. The average molecular weight is 466 g/mol. The van der Waals surface area contributed by atoms with E-state index in [0.717, 1.165) is 35.6 Å². The van der Waals surface area contributed by atoms with Crippen LogP contribution in [-0.4, -0.2) is 38.1 Å². The molecule has 3 aromatic rings. The molecule has 0 unspecified atom stereocenters. The zero-order chi connectivity index (χ0) is 23.7. The minimum atomic E-state index is -0.391. The smallest absolute Gasteiger partial charge is 0.271 e. The van der Waals surface area contributed by atoms with Gasteiger partial charge in [-0.3, -0.25) is 15.1 Å². The van der Waals surface area contributed by atoms with E-state index in [0.29, 0.717) is 16.5 Å². The first-order valence-electron chi connectivity index (χ1n) is 10.9. The van der Waals surface area contributed by atoms with E-state index in [1.54, 1.807) is 25.4 Å². The second kappa shape index (κ2) is 9.19. The number of nitro groups is 1. The Morgan fingerprint density at radius 1 is 1.24 bits per heavy atom. The number of methoxy groups -OCH3 is 1. The van der Waals surface area contributed by atoms with E-state index in [-0.39, 0.29) is 17.8 Å². The number of ether oxygens (including phenoxy) is 1. The molecule has 3 heterocycles. The van der Waals surface area contributed by atoms with Crippen molar-refractivity contribution < 1.29 is 9.66 Å². The highest BCUT2D eigenvalue weighted by atomic mass is 32.1. The molecule has 0 amide bonds. The highest BCUT2D eigenvalue weighted by Gasteiger charge is 2.41. The van der Waals surface area contributed by atoms with Crippen molar-refractivity contribution in [2.24, 2.45) is 0 Å². The Bertz CT molecular complexity index is 1190. The number of nitro benzene ring substituents is 1. The van der Waals surface area contributed by atoms with Gasteiger partial charge in [-0.05, 0) is 62.3 Å². The van der Waals surface area contributed by atoms with Crippen LogP contribution >= 0.6 is 12.2 Å². The van der Waals surface area contributed by atoms with Gasteiger partial charge in [-0.25, -0.2) is 0 Å². The molecule has 0 spiro atoms. The Morgan fingerprint density at radius 2 is 2.03 bits per heavy atom. The lowest BCUT2D eigenvalue weighted by Gasteiger charge is -2.28. The van der Waals surface area contributed by atoms with Crippen LogP contribution in [-0.2, 0) is 0 Å². The zero-order valence-electron chi connectivity index (χ0n) is 19.1. The first kappa shape index (κ1) is 22.7. The lowest BCUT2D eigenvalue weighted by Crippen LogP contribution is -2.30. The molecule has 1 aliphatic rings. The fourth-order valence-corrected chi connectivity index (χ4v) is 4.98. The van der Waals surface area contributed by atoms with Crippen LogP contribution in [0.1, 0.15) is 48.1 Å². The van der Waals surface area contributed by atoms with Crippen molar-refractivity contribution in [3.8, 4) is 11.4 Å². The van der Waals surface area contributed by atoms with Crippen LogP contribution in [0.15, 0.2) is 48.7 Å². The number of benzene rings is 1. The van der Waals surface area contributed by atoms with Crippen molar-refractivity contribution in [2.75, 3.05) is 13.7 Å². The molecule has 1 fully saturated rings. The van der Waals surface area contributed by atoms with E-state index in [1.807, 2.05) is 36.6 Å². The monoisotopic (exact) mass is 465 g/mol. The number of pyridine rings is 1. The fourth-order valence-electron chi connectivity index (χ4n) is 4.65. The quantitative estimate of drug-likeness (QED) is 0.305. The number of nitrogens with one attached hydrogen (secondary N) is 1. The van der Waals surface area contributed by atoms with Crippen molar-refractivity contribution >= 4 is 23.0 Å². The van der Waals surface area contributed by atoms with E-state index in [2.05, 4.69) is 28.2 Å². The van der Waals surface area contributed by atoms with Crippen LogP contribution in [0.25, 0.3) is 5.69 Å². The molecule has 172 valence electrons. The van der Waals surface area contributed by atoms with Gasteiger partial charge in [0.25, 0.3) is 5.69 Å². The Labute approximate surface area is 198 Å². The summed E-state index contributed by atoms with van der Waals surface area (Å²) in [6, 6.07) is 12.5. The van der Waals surface area contributed by atoms with E-state index in [1.165, 1.54) is 6.07 Å². The van der Waals surface area contributed by atoms with Gasteiger partial charge in [0.15, 0.2) is 5.11 Å². The second-order valence-corrected chi connectivity index (χ2v) is 8.48. The van der Waals surface area contributed by atoms with E-state index in [4.69, 9.17) is 17.0 Å². The molecule has 1 aromatic carbocycles. The third-order valence-electron chi connectivity index (χ3n) is 6.07. The SMILES string of the molecule is CCCN1C(=S)N[C@H](c2ccccn2)[C@@H]1c1cc(C)n(-c2cc([N+](=O)[O-])ccc2OC)c1C. The summed E-state index contributed by atoms with van der Waals surface area (Å²) in [5.41, 5.74) is 4.60. The number of nitrogens with zero attached hydrogens (tertiary/aromatic N) is 4. The number of aromatic nitrogens is 2. The van der Waals surface area contributed by atoms with Gasteiger partial charge in [-0.2, -0.15) is 0 Å². The molecule has 8 nitrogen and oxygen atoms in total. The van der Waals surface area contributed by atoms with E-state index in [9.17, 15) is 10.1 Å². The van der Waals surface area contributed by atoms with E-state index >= 15 is 0 Å². The number of hydrogen-bond acceptors (Lipinski definition) is 5. The normalized spacial score (nSPS) is 17.8. The number of hydrogen-bond donors (Lipinski definition) is 1. The molecule has 2 atom stereocenters. The third kappa shape index (κ3) is 4.04. The summed E-state index contributed by atoms with van der Waals surface area (Å²) in [6.07, 6.45) is 2.74. The van der Waals surface area contributed by atoms with Crippen LogP contribution in [0, 0.1) is 24.0 Å². The van der Waals surface area contributed by atoms with Crippen molar-refractivity contribution in [3.63, 3.8) is 0 Å². The largest absolute Gasteiger partial charge is 0.495 e. The summed E-state index contributed by atoms with van der Waals surface area (Å²) in [5.74, 6) is 0.570. The Morgan fingerprint density at radius 3 is 2.67 bits per heavy atom. The van der Waals surface area contributed by atoms with Gasteiger partial charge in [0.2, 0.25) is 0 Å². The lowest BCUT2D eigenvalue weighted by atomic mass is 9.96. The van der Waals surface area contributed by atoms with Crippen LogP contribution in [0.4, 0.5) is 5.69 Å². The molecule has 0 aliphatic carbocycles. The molecule has 4 rings (SSSR count). The van der Waals surface area contributed by atoms with Crippen molar-refractivity contribution in [1.82, 2.24) is 19.8 Å². The average Bonchev–Trinajstić information content (AvgIpc) is 3.29. The van der Waals surface area contributed by atoms with Crippen LogP contribution in [0.5, 0.6) is 5.75 Å². The second-order valence-electron chi connectivity index (χ2n) is 8.10. The molecule has 0 radical (unpaired) electrons. The molecule has 1 saturated heterocycles. The maximum atomic E-state index is 11.4. The number of non-ortho nitro benzene ring substituents is 1. The first-order chi connectivity index (χ1) is 15.9. The molecule has 0 saturated carbocycles. The van der Waals surface area contributed by atoms with Crippen LogP contribution in [0.2, 0.25) is 0 Å². The van der Waals surface area contributed by atoms with Crippen molar-refractivity contribution in [1.29, 1.82) is 0 Å². The van der Waals surface area contributed by atoms with Gasteiger partial charge in [0.1, 0.15) is 5.75 Å². The summed E-state index contributed by atoms with van der Waals surface area (Å²) >= 11 is 5.71. The summed E-state index contributed by atoms with van der Waals surface area (Å²) in [7, 11) is 1.57. The minimum absolute atomic E-state index is 0.0162. The Hall–Kier alpha value is -3.46. The molecule has 0 bridgehead atoms. The lowest BCUT2D eigenvalue weighted by molar-refractivity contribution is -0.384. The number of aryl methyl sites for hydroxylation is 1. The molecular weight excluding hydrogens is 438 g/mol.